The van der Waals surface area contributed by atoms with E-state index >= 15 is 0 Å². The van der Waals surface area contributed by atoms with E-state index in [1.54, 1.807) is 0 Å². The second-order valence-corrected chi connectivity index (χ2v) is 5.64. The zero-order valence-corrected chi connectivity index (χ0v) is 12.0. The molecule has 3 rings (SSSR count). The standard InChI is InChI=1S/C15H16N2O3S/c18-11(9-16-21(19)20)10-17-14-7-3-1-5-12(14)13-6-2-4-8-15(13)17/h1-8,11,16,18H,9-10H2,(H,19,20)/p-1. The van der Waals surface area contributed by atoms with Gasteiger partial charge in [0.15, 0.2) is 0 Å². The Balaban J connectivity index is 2.01. The normalized spacial score (nSPS) is 14.6. The molecule has 0 saturated carbocycles. The molecule has 2 unspecified atom stereocenters. The fourth-order valence-electron chi connectivity index (χ4n) is 2.64. The molecule has 0 radical (unpaired) electrons. The van der Waals surface area contributed by atoms with E-state index in [0.717, 1.165) is 21.8 Å². The van der Waals surface area contributed by atoms with Gasteiger partial charge in [0.25, 0.3) is 0 Å². The third kappa shape index (κ3) is 2.84. The van der Waals surface area contributed by atoms with Crippen LogP contribution in [0, 0.1) is 0 Å². The summed E-state index contributed by atoms with van der Waals surface area (Å²) in [5.74, 6) is 0. The zero-order valence-electron chi connectivity index (χ0n) is 11.2. The molecule has 2 aromatic carbocycles. The van der Waals surface area contributed by atoms with Crippen molar-refractivity contribution >= 4 is 33.1 Å². The summed E-state index contributed by atoms with van der Waals surface area (Å²) in [5, 5.41) is 12.3. The van der Waals surface area contributed by atoms with Crippen LogP contribution in [-0.2, 0) is 17.8 Å². The minimum Gasteiger partial charge on any atom is -0.760 e. The van der Waals surface area contributed by atoms with E-state index in [2.05, 4.69) is 4.72 Å². The van der Waals surface area contributed by atoms with Crippen LogP contribution in [0.3, 0.4) is 0 Å². The molecular formula is C15H15N2O3S-. The first kappa shape index (κ1) is 14.2. The van der Waals surface area contributed by atoms with E-state index in [1.807, 2.05) is 53.1 Å². The van der Waals surface area contributed by atoms with E-state index in [4.69, 9.17) is 0 Å². The van der Waals surface area contributed by atoms with Crippen molar-refractivity contribution in [2.45, 2.75) is 12.6 Å². The predicted molar refractivity (Wildman–Crippen MR) is 82.4 cm³/mol. The highest BCUT2D eigenvalue weighted by Gasteiger charge is 2.12. The Bertz CT molecular complexity index is 747. The third-order valence-electron chi connectivity index (χ3n) is 3.51. The lowest BCUT2D eigenvalue weighted by Gasteiger charge is -2.15. The number of aliphatic hydroxyl groups is 1. The molecule has 0 aliphatic rings. The molecule has 0 amide bonds. The molecule has 0 aliphatic carbocycles. The van der Waals surface area contributed by atoms with Gasteiger partial charge in [-0.15, -0.1) is 0 Å². The first-order valence-electron chi connectivity index (χ1n) is 6.63. The van der Waals surface area contributed by atoms with Crippen molar-refractivity contribution in [1.29, 1.82) is 0 Å². The quantitative estimate of drug-likeness (QED) is 0.702. The molecule has 0 aliphatic heterocycles. The second-order valence-electron chi connectivity index (χ2n) is 4.88. The van der Waals surface area contributed by atoms with Gasteiger partial charge in [0, 0.05) is 39.6 Å². The Kier molecular flexibility index (Phi) is 4.03. The van der Waals surface area contributed by atoms with E-state index in [-0.39, 0.29) is 6.54 Å². The van der Waals surface area contributed by atoms with Gasteiger partial charge in [-0.25, -0.2) is 4.72 Å². The first-order chi connectivity index (χ1) is 10.2. The van der Waals surface area contributed by atoms with Crippen LogP contribution in [0.15, 0.2) is 48.5 Å². The molecule has 0 fully saturated rings. The van der Waals surface area contributed by atoms with Gasteiger partial charge in [-0.1, -0.05) is 36.4 Å². The number of benzene rings is 2. The van der Waals surface area contributed by atoms with Crippen molar-refractivity contribution in [3.8, 4) is 0 Å². The highest BCUT2D eigenvalue weighted by molar-refractivity contribution is 7.77. The topological polar surface area (TPSA) is 77.3 Å². The Hall–Kier alpha value is -1.73. The van der Waals surface area contributed by atoms with Gasteiger partial charge in [-0.05, 0) is 12.1 Å². The van der Waals surface area contributed by atoms with Crippen LogP contribution in [-0.4, -0.2) is 31.1 Å². The number of rotatable bonds is 5. The van der Waals surface area contributed by atoms with E-state index in [9.17, 15) is 13.9 Å². The van der Waals surface area contributed by atoms with Gasteiger partial charge in [0.05, 0.1) is 12.6 Å². The van der Waals surface area contributed by atoms with Gasteiger partial charge in [-0.2, -0.15) is 0 Å². The van der Waals surface area contributed by atoms with Crippen molar-refractivity contribution < 1.29 is 13.9 Å². The van der Waals surface area contributed by atoms with Gasteiger partial charge in [0.1, 0.15) is 0 Å². The second kappa shape index (κ2) is 5.95. The number of nitrogens with zero attached hydrogens (tertiary/aromatic N) is 1. The highest BCUT2D eigenvalue weighted by atomic mass is 32.2. The van der Waals surface area contributed by atoms with Gasteiger partial charge in [0.2, 0.25) is 0 Å². The van der Waals surface area contributed by atoms with Gasteiger partial charge in [-0.3, -0.25) is 4.21 Å². The van der Waals surface area contributed by atoms with Crippen molar-refractivity contribution in [1.82, 2.24) is 9.29 Å². The number of aromatic nitrogens is 1. The smallest absolute Gasteiger partial charge is 0.0853 e. The Labute approximate surface area is 124 Å². The minimum absolute atomic E-state index is 0.00303. The zero-order chi connectivity index (χ0) is 14.8. The molecule has 110 valence electrons. The SMILES string of the molecule is O=S([O-])NCC(O)Cn1c2ccccc2c2ccccc21. The predicted octanol–water partition coefficient (Wildman–Crippen LogP) is 1.54. The van der Waals surface area contributed by atoms with Crippen molar-refractivity contribution in [3.63, 3.8) is 0 Å². The molecule has 3 aromatic rings. The Morgan fingerprint density at radius 3 is 2.14 bits per heavy atom. The molecule has 1 aromatic heterocycles. The van der Waals surface area contributed by atoms with Crippen molar-refractivity contribution in [3.05, 3.63) is 48.5 Å². The summed E-state index contributed by atoms with van der Waals surface area (Å²) in [7, 11) is 0. The summed E-state index contributed by atoms with van der Waals surface area (Å²) >= 11 is -2.36. The summed E-state index contributed by atoms with van der Waals surface area (Å²) in [6, 6.07) is 16.0. The van der Waals surface area contributed by atoms with E-state index < -0.39 is 17.4 Å². The van der Waals surface area contributed by atoms with Crippen molar-refractivity contribution in [2.75, 3.05) is 6.54 Å². The number of fused-ring (bicyclic) bond motifs is 3. The van der Waals surface area contributed by atoms with Gasteiger partial charge >= 0.3 is 0 Å². The largest absolute Gasteiger partial charge is 0.760 e. The van der Waals surface area contributed by atoms with Gasteiger partial charge < -0.3 is 14.2 Å². The third-order valence-corrected chi connectivity index (χ3v) is 3.91. The van der Waals surface area contributed by atoms with Crippen LogP contribution in [0.2, 0.25) is 0 Å². The summed E-state index contributed by atoms with van der Waals surface area (Å²) in [5.41, 5.74) is 2.06. The average molecular weight is 303 g/mol. The molecule has 0 bridgehead atoms. The first-order valence-corrected chi connectivity index (χ1v) is 7.71. The lowest BCUT2D eigenvalue weighted by molar-refractivity contribution is 0.160. The molecule has 5 nitrogen and oxygen atoms in total. The molecule has 1 heterocycles. The number of aliphatic hydroxyl groups excluding tert-OH is 1. The molecule has 2 atom stereocenters. The molecular weight excluding hydrogens is 288 g/mol. The number of para-hydroxylation sites is 2. The monoisotopic (exact) mass is 303 g/mol. The van der Waals surface area contributed by atoms with E-state index in [0.29, 0.717) is 6.54 Å². The molecule has 21 heavy (non-hydrogen) atoms. The van der Waals surface area contributed by atoms with Crippen LogP contribution in [0.25, 0.3) is 21.8 Å². The summed E-state index contributed by atoms with van der Waals surface area (Å²) < 4.78 is 25.2. The fraction of sp³-hybridized carbons (Fsp3) is 0.200. The highest BCUT2D eigenvalue weighted by Crippen LogP contribution is 2.28. The number of hydrogen-bond donors (Lipinski definition) is 2. The Morgan fingerprint density at radius 1 is 1.10 bits per heavy atom. The maximum Gasteiger partial charge on any atom is 0.0853 e. The summed E-state index contributed by atoms with van der Waals surface area (Å²) in [6.45, 7) is 0.329. The molecule has 2 N–H and O–H groups in total. The van der Waals surface area contributed by atoms with Crippen LogP contribution >= 0.6 is 0 Å². The number of hydrogen-bond acceptors (Lipinski definition) is 3. The number of nitrogens with one attached hydrogen (secondary N) is 1. The molecule has 0 spiro atoms. The Morgan fingerprint density at radius 2 is 1.62 bits per heavy atom. The van der Waals surface area contributed by atoms with Crippen LogP contribution in [0.1, 0.15) is 0 Å². The van der Waals surface area contributed by atoms with E-state index in [1.165, 1.54) is 0 Å². The maximum absolute atomic E-state index is 10.5. The van der Waals surface area contributed by atoms with Crippen molar-refractivity contribution in [2.24, 2.45) is 0 Å². The molecule has 6 heteroatoms. The maximum atomic E-state index is 10.5. The molecule has 0 saturated heterocycles. The average Bonchev–Trinajstić information content (AvgIpc) is 2.80. The van der Waals surface area contributed by atoms with Crippen LogP contribution < -0.4 is 4.72 Å². The summed E-state index contributed by atoms with van der Waals surface area (Å²) in [6.07, 6.45) is -0.790. The minimum atomic E-state index is -2.36. The lowest BCUT2D eigenvalue weighted by Crippen LogP contribution is -2.31. The van der Waals surface area contributed by atoms with Crippen LogP contribution in [0.4, 0.5) is 0 Å². The van der Waals surface area contributed by atoms with Crippen LogP contribution in [0.5, 0.6) is 0 Å². The summed E-state index contributed by atoms with van der Waals surface area (Å²) in [4.78, 5) is 0. The fourth-order valence-corrected chi connectivity index (χ4v) is 2.97. The lowest BCUT2D eigenvalue weighted by atomic mass is 10.2.